The van der Waals surface area contributed by atoms with Gasteiger partial charge in [0.1, 0.15) is 0 Å². The fraction of sp³-hybridized carbons (Fsp3) is 1.00. The van der Waals surface area contributed by atoms with Crippen LogP contribution < -0.4 is 0 Å². The van der Waals surface area contributed by atoms with Crippen LogP contribution in [-0.2, 0) is 13.8 Å². The molecule has 5 heteroatoms. The molecule has 16 heavy (non-hydrogen) atoms. The van der Waals surface area contributed by atoms with E-state index in [2.05, 4.69) is 0 Å². The maximum absolute atomic E-state index is 11.0. The van der Waals surface area contributed by atoms with Crippen molar-refractivity contribution >= 4 is 19.7 Å². The predicted molar refractivity (Wildman–Crippen MR) is 66.2 cm³/mol. The Morgan fingerprint density at radius 2 is 1.94 bits per heavy atom. The van der Waals surface area contributed by atoms with Crippen molar-refractivity contribution in [3.8, 4) is 0 Å². The van der Waals surface area contributed by atoms with Crippen LogP contribution in [0.25, 0.3) is 0 Å². The van der Waals surface area contributed by atoms with E-state index in [1.807, 2.05) is 6.92 Å². The van der Waals surface area contributed by atoms with Gasteiger partial charge in [-0.2, -0.15) is 0 Å². The average Bonchev–Trinajstić information content (AvgIpc) is 2.24. The van der Waals surface area contributed by atoms with Gasteiger partial charge in [0.15, 0.2) is 0 Å². The van der Waals surface area contributed by atoms with E-state index in [4.69, 9.17) is 15.4 Å². The van der Waals surface area contributed by atoms with Crippen molar-refractivity contribution in [2.24, 2.45) is 5.92 Å². The van der Waals surface area contributed by atoms with Crippen molar-refractivity contribution in [1.29, 1.82) is 0 Å². The molecule has 0 aromatic carbocycles. The minimum Gasteiger partial charge on any atom is -0.378 e. The van der Waals surface area contributed by atoms with Gasteiger partial charge in [-0.05, 0) is 18.8 Å². The smallest absolute Gasteiger partial charge is 0.232 e. The lowest BCUT2D eigenvalue weighted by molar-refractivity contribution is 0.0109. The molecule has 0 bridgehead atoms. The first-order chi connectivity index (χ1) is 7.51. The molecular weight excluding hydrogens is 248 g/mol. The van der Waals surface area contributed by atoms with Gasteiger partial charge in [0, 0.05) is 10.7 Å². The summed E-state index contributed by atoms with van der Waals surface area (Å²) in [5, 5.41) is 0. The monoisotopic (exact) mass is 268 g/mol. The fourth-order valence-electron chi connectivity index (χ4n) is 2.07. The van der Waals surface area contributed by atoms with E-state index >= 15 is 0 Å². The Morgan fingerprint density at radius 3 is 2.44 bits per heavy atom. The van der Waals surface area contributed by atoms with Gasteiger partial charge in [-0.3, -0.25) is 0 Å². The molecule has 0 aromatic rings. The molecule has 0 aliphatic heterocycles. The molecule has 1 rings (SSSR count). The van der Waals surface area contributed by atoms with Crippen LogP contribution in [0, 0.1) is 5.92 Å². The summed E-state index contributed by atoms with van der Waals surface area (Å²) in [7, 11) is 1.85. The molecule has 0 aromatic heterocycles. The first kappa shape index (κ1) is 14.3. The summed E-state index contributed by atoms with van der Waals surface area (Å²) in [5.74, 6) is 0.0574. The minimum absolute atomic E-state index is 0.0256. The second-order valence-electron chi connectivity index (χ2n) is 4.57. The molecule has 0 radical (unpaired) electrons. The Kier molecular flexibility index (Phi) is 6.08. The Labute approximate surface area is 103 Å². The highest BCUT2D eigenvalue weighted by Gasteiger charge is 2.19. The number of hydrogen-bond acceptors (Lipinski definition) is 3. The Morgan fingerprint density at radius 1 is 1.31 bits per heavy atom. The van der Waals surface area contributed by atoms with Crippen LogP contribution >= 0.6 is 10.7 Å². The normalized spacial score (nSPS) is 20.9. The molecule has 0 saturated heterocycles. The molecule has 1 aliphatic carbocycles. The number of rotatable bonds is 6. The van der Waals surface area contributed by atoms with Gasteiger partial charge in [-0.25, -0.2) is 8.42 Å². The molecule has 0 spiro atoms. The van der Waals surface area contributed by atoms with Crippen LogP contribution in [-0.4, -0.2) is 26.9 Å². The topological polar surface area (TPSA) is 43.4 Å². The van der Waals surface area contributed by atoms with Gasteiger partial charge >= 0.3 is 0 Å². The van der Waals surface area contributed by atoms with E-state index in [1.54, 1.807) is 0 Å². The van der Waals surface area contributed by atoms with Gasteiger partial charge in [0.05, 0.1) is 18.5 Å². The molecule has 3 nitrogen and oxygen atoms in total. The van der Waals surface area contributed by atoms with E-state index in [9.17, 15) is 8.42 Å². The van der Waals surface area contributed by atoms with E-state index in [-0.39, 0.29) is 11.7 Å². The molecule has 1 atom stereocenters. The van der Waals surface area contributed by atoms with Crippen LogP contribution in [0.3, 0.4) is 0 Å². The zero-order valence-corrected chi connectivity index (χ0v) is 11.4. The SMILES string of the molecule is CCC(COC1CCCCC1)CS(=O)(=O)Cl. The Hall–Kier alpha value is 0.200. The largest absolute Gasteiger partial charge is 0.378 e. The van der Waals surface area contributed by atoms with Crippen LogP contribution in [0.4, 0.5) is 0 Å². The molecule has 96 valence electrons. The summed E-state index contributed by atoms with van der Waals surface area (Å²) >= 11 is 0. The summed E-state index contributed by atoms with van der Waals surface area (Å²) in [4.78, 5) is 0. The first-order valence-electron chi connectivity index (χ1n) is 6.05. The Bertz CT molecular complexity index is 284. The fourth-order valence-corrected chi connectivity index (χ4v) is 3.50. The summed E-state index contributed by atoms with van der Waals surface area (Å²) < 4.78 is 27.7. The highest BCUT2D eigenvalue weighted by atomic mass is 35.7. The standard InChI is InChI=1S/C11H21ClO3S/c1-2-10(9-16(12,13)14)8-15-11-6-4-3-5-7-11/h10-11H,2-9H2,1H3. The van der Waals surface area contributed by atoms with Crippen molar-refractivity contribution < 1.29 is 13.2 Å². The molecule has 0 N–H and O–H groups in total. The summed E-state index contributed by atoms with van der Waals surface area (Å²) in [6.45, 7) is 2.49. The lowest BCUT2D eigenvalue weighted by Crippen LogP contribution is -2.23. The Balaban J connectivity index is 2.27. The summed E-state index contributed by atoms with van der Waals surface area (Å²) in [6, 6.07) is 0. The van der Waals surface area contributed by atoms with E-state index in [0.717, 1.165) is 19.3 Å². The molecule has 1 fully saturated rings. The van der Waals surface area contributed by atoms with E-state index in [1.165, 1.54) is 19.3 Å². The molecule has 1 saturated carbocycles. The second kappa shape index (κ2) is 6.82. The lowest BCUT2D eigenvalue weighted by atomic mass is 9.97. The van der Waals surface area contributed by atoms with Crippen molar-refractivity contribution in [1.82, 2.24) is 0 Å². The number of ether oxygens (including phenoxy) is 1. The lowest BCUT2D eigenvalue weighted by Gasteiger charge is -2.24. The average molecular weight is 269 g/mol. The molecule has 1 unspecified atom stereocenters. The second-order valence-corrected chi connectivity index (χ2v) is 7.39. The molecule has 1 aliphatic rings. The van der Waals surface area contributed by atoms with Crippen molar-refractivity contribution in [3.05, 3.63) is 0 Å². The highest BCUT2D eigenvalue weighted by molar-refractivity contribution is 8.13. The van der Waals surface area contributed by atoms with Gasteiger partial charge in [0.2, 0.25) is 9.05 Å². The first-order valence-corrected chi connectivity index (χ1v) is 8.53. The zero-order chi connectivity index (χ0) is 12.0. The van der Waals surface area contributed by atoms with Crippen LogP contribution in [0.15, 0.2) is 0 Å². The number of halogens is 1. The van der Waals surface area contributed by atoms with Crippen molar-refractivity contribution in [2.75, 3.05) is 12.4 Å². The van der Waals surface area contributed by atoms with E-state index in [0.29, 0.717) is 12.7 Å². The van der Waals surface area contributed by atoms with Crippen molar-refractivity contribution in [2.45, 2.75) is 51.6 Å². The third kappa shape index (κ3) is 6.06. The third-order valence-electron chi connectivity index (χ3n) is 3.13. The van der Waals surface area contributed by atoms with Crippen LogP contribution in [0.5, 0.6) is 0 Å². The maximum atomic E-state index is 11.0. The zero-order valence-electron chi connectivity index (χ0n) is 9.82. The quantitative estimate of drug-likeness (QED) is 0.696. The predicted octanol–water partition coefficient (Wildman–Crippen LogP) is 2.93. The molecule has 0 heterocycles. The van der Waals surface area contributed by atoms with Gasteiger partial charge in [0.25, 0.3) is 0 Å². The third-order valence-corrected chi connectivity index (χ3v) is 4.38. The minimum atomic E-state index is -3.40. The van der Waals surface area contributed by atoms with Crippen LogP contribution in [0.2, 0.25) is 0 Å². The van der Waals surface area contributed by atoms with Crippen LogP contribution in [0.1, 0.15) is 45.4 Å². The van der Waals surface area contributed by atoms with Gasteiger partial charge in [-0.15, -0.1) is 0 Å². The maximum Gasteiger partial charge on any atom is 0.232 e. The van der Waals surface area contributed by atoms with Gasteiger partial charge < -0.3 is 4.74 Å². The van der Waals surface area contributed by atoms with Gasteiger partial charge in [-0.1, -0.05) is 32.6 Å². The van der Waals surface area contributed by atoms with Crippen molar-refractivity contribution in [3.63, 3.8) is 0 Å². The molecular formula is C11H21ClO3S. The molecule has 0 amide bonds. The number of hydrogen-bond donors (Lipinski definition) is 0. The highest BCUT2D eigenvalue weighted by Crippen LogP contribution is 2.21. The summed E-state index contributed by atoms with van der Waals surface area (Å²) in [6.07, 6.45) is 7.12. The van der Waals surface area contributed by atoms with E-state index < -0.39 is 9.05 Å². The summed E-state index contributed by atoms with van der Waals surface area (Å²) in [5.41, 5.74) is 0.